The van der Waals surface area contributed by atoms with Crippen LogP contribution in [0.15, 0.2) is 16.8 Å². The van der Waals surface area contributed by atoms with Gasteiger partial charge >= 0.3 is 0 Å². The third kappa shape index (κ3) is 3.81. The normalized spacial score (nSPS) is 14.0. The molecule has 0 saturated carbocycles. The van der Waals surface area contributed by atoms with Crippen molar-refractivity contribution in [3.63, 3.8) is 0 Å². The molecule has 0 radical (unpaired) electrons. The van der Waals surface area contributed by atoms with Gasteiger partial charge in [-0.1, -0.05) is 5.16 Å². The van der Waals surface area contributed by atoms with Crippen LogP contribution in [0.25, 0.3) is 0 Å². The summed E-state index contributed by atoms with van der Waals surface area (Å²) in [5.74, 6) is 1.87. The van der Waals surface area contributed by atoms with Crippen LogP contribution in [0.2, 0.25) is 0 Å². The van der Waals surface area contributed by atoms with Crippen LogP contribution in [0, 0.1) is 13.8 Å². The summed E-state index contributed by atoms with van der Waals surface area (Å²) in [5.41, 5.74) is 1.39. The molecule has 1 aliphatic heterocycles. The Morgan fingerprint density at radius 3 is 2.75 bits per heavy atom. The predicted molar refractivity (Wildman–Crippen MR) is 90.3 cm³/mol. The molecule has 1 amide bonds. The Labute approximate surface area is 140 Å². The first kappa shape index (κ1) is 16.2. The molecule has 1 saturated heterocycles. The molecule has 8 heteroatoms. The smallest absolute Gasteiger partial charge is 0.256 e. The van der Waals surface area contributed by atoms with E-state index >= 15 is 0 Å². The van der Waals surface area contributed by atoms with E-state index in [2.05, 4.69) is 30.7 Å². The van der Waals surface area contributed by atoms with Gasteiger partial charge in [0.05, 0.1) is 6.20 Å². The van der Waals surface area contributed by atoms with Gasteiger partial charge < -0.3 is 20.1 Å². The molecule has 3 rings (SSSR count). The van der Waals surface area contributed by atoms with E-state index in [0.29, 0.717) is 30.4 Å². The number of amides is 1. The molecule has 128 valence electrons. The highest BCUT2D eigenvalue weighted by atomic mass is 16.5. The molecule has 0 spiro atoms. The lowest BCUT2D eigenvalue weighted by Crippen LogP contribution is -2.29. The highest BCUT2D eigenvalue weighted by molar-refractivity contribution is 5.94. The maximum Gasteiger partial charge on any atom is 0.256 e. The van der Waals surface area contributed by atoms with E-state index in [0.717, 1.165) is 24.6 Å². The number of rotatable bonds is 6. The van der Waals surface area contributed by atoms with Gasteiger partial charge in [0.2, 0.25) is 5.95 Å². The number of hydrogen-bond donors (Lipinski definition) is 2. The minimum atomic E-state index is -0.196. The zero-order chi connectivity index (χ0) is 16.9. The predicted octanol–water partition coefficient (Wildman–Crippen LogP) is 1.52. The second kappa shape index (κ2) is 7.29. The SMILES string of the molecule is Cc1cc(N2CCCC2)nc(NCCNC(=O)c2cnoc2C)n1. The molecular formula is C16H22N6O2. The molecule has 0 bridgehead atoms. The van der Waals surface area contributed by atoms with Gasteiger partial charge in [0.25, 0.3) is 5.91 Å². The van der Waals surface area contributed by atoms with E-state index < -0.39 is 0 Å². The number of anilines is 2. The van der Waals surface area contributed by atoms with Crippen molar-refractivity contribution in [3.8, 4) is 0 Å². The van der Waals surface area contributed by atoms with Crippen molar-refractivity contribution in [2.24, 2.45) is 0 Å². The highest BCUT2D eigenvalue weighted by Crippen LogP contribution is 2.19. The minimum absolute atomic E-state index is 0.196. The third-order valence-electron chi connectivity index (χ3n) is 3.96. The summed E-state index contributed by atoms with van der Waals surface area (Å²) < 4.78 is 4.89. The Kier molecular flexibility index (Phi) is 4.93. The Morgan fingerprint density at radius 1 is 1.25 bits per heavy atom. The molecule has 2 N–H and O–H groups in total. The standard InChI is InChI=1S/C16H22N6O2/c1-11-9-14(22-7-3-4-8-22)21-16(20-11)18-6-5-17-15(23)13-10-19-24-12(13)2/h9-10H,3-8H2,1-2H3,(H,17,23)(H,18,20,21). The van der Waals surface area contributed by atoms with Crippen molar-refractivity contribution in [2.75, 3.05) is 36.4 Å². The summed E-state index contributed by atoms with van der Waals surface area (Å²) in [6.07, 6.45) is 3.84. The average Bonchev–Trinajstić information content (AvgIpc) is 3.22. The van der Waals surface area contributed by atoms with E-state index in [1.165, 1.54) is 19.0 Å². The first-order valence-corrected chi connectivity index (χ1v) is 8.17. The lowest BCUT2D eigenvalue weighted by Gasteiger charge is -2.17. The molecule has 2 aromatic rings. The number of hydrogen-bond acceptors (Lipinski definition) is 7. The van der Waals surface area contributed by atoms with Crippen LogP contribution in [-0.4, -0.2) is 47.2 Å². The van der Waals surface area contributed by atoms with Gasteiger partial charge in [-0.2, -0.15) is 4.98 Å². The van der Waals surface area contributed by atoms with Gasteiger partial charge in [0.15, 0.2) is 0 Å². The zero-order valence-electron chi connectivity index (χ0n) is 14.0. The molecule has 0 unspecified atom stereocenters. The van der Waals surface area contributed by atoms with Gasteiger partial charge in [-0.25, -0.2) is 4.98 Å². The van der Waals surface area contributed by atoms with E-state index in [4.69, 9.17) is 4.52 Å². The van der Waals surface area contributed by atoms with E-state index in [1.54, 1.807) is 6.92 Å². The van der Waals surface area contributed by atoms with Gasteiger partial charge in [0.1, 0.15) is 17.1 Å². The highest BCUT2D eigenvalue weighted by Gasteiger charge is 2.15. The van der Waals surface area contributed by atoms with E-state index in [-0.39, 0.29) is 5.91 Å². The molecular weight excluding hydrogens is 308 g/mol. The number of nitrogens with zero attached hydrogens (tertiary/aromatic N) is 4. The van der Waals surface area contributed by atoms with Crippen LogP contribution >= 0.6 is 0 Å². The number of aromatic nitrogens is 3. The maximum atomic E-state index is 11.9. The summed E-state index contributed by atoms with van der Waals surface area (Å²) in [6, 6.07) is 2.01. The first-order chi connectivity index (χ1) is 11.6. The van der Waals surface area contributed by atoms with Gasteiger partial charge in [-0.3, -0.25) is 4.79 Å². The van der Waals surface area contributed by atoms with Gasteiger partial charge in [-0.05, 0) is 26.7 Å². The fourth-order valence-electron chi connectivity index (χ4n) is 2.70. The minimum Gasteiger partial charge on any atom is -0.361 e. The molecule has 1 aliphatic rings. The fraction of sp³-hybridized carbons (Fsp3) is 0.500. The van der Waals surface area contributed by atoms with Gasteiger partial charge in [0, 0.05) is 37.9 Å². The summed E-state index contributed by atoms with van der Waals surface area (Å²) >= 11 is 0. The Morgan fingerprint density at radius 2 is 2.04 bits per heavy atom. The third-order valence-corrected chi connectivity index (χ3v) is 3.96. The van der Waals surface area contributed by atoms with Gasteiger partial charge in [-0.15, -0.1) is 0 Å². The van der Waals surface area contributed by atoms with Crippen molar-refractivity contribution < 1.29 is 9.32 Å². The summed E-state index contributed by atoms with van der Waals surface area (Å²) in [4.78, 5) is 23.2. The monoisotopic (exact) mass is 330 g/mol. The number of aryl methyl sites for hydroxylation is 2. The molecule has 0 aromatic carbocycles. The maximum absolute atomic E-state index is 11.9. The van der Waals surface area contributed by atoms with E-state index in [9.17, 15) is 4.79 Å². The summed E-state index contributed by atoms with van der Waals surface area (Å²) in [5, 5.41) is 9.57. The van der Waals surface area contributed by atoms with Crippen molar-refractivity contribution in [3.05, 3.63) is 29.3 Å². The molecule has 3 heterocycles. The quantitative estimate of drug-likeness (QED) is 0.775. The van der Waals surface area contributed by atoms with Crippen LogP contribution in [0.5, 0.6) is 0 Å². The van der Waals surface area contributed by atoms with Crippen LogP contribution in [0.1, 0.15) is 34.7 Å². The molecule has 0 aliphatic carbocycles. The fourth-order valence-corrected chi connectivity index (χ4v) is 2.70. The molecule has 1 fully saturated rings. The average molecular weight is 330 g/mol. The molecule has 2 aromatic heterocycles. The number of carbonyl (C=O) groups excluding carboxylic acids is 1. The zero-order valence-corrected chi connectivity index (χ0v) is 14.0. The number of carbonyl (C=O) groups is 1. The summed E-state index contributed by atoms with van der Waals surface area (Å²) in [6.45, 7) is 6.76. The van der Waals surface area contributed by atoms with Crippen molar-refractivity contribution in [2.45, 2.75) is 26.7 Å². The lowest BCUT2D eigenvalue weighted by molar-refractivity contribution is 0.0953. The second-order valence-corrected chi connectivity index (χ2v) is 5.86. The van der Waals surface area contributed by atoms with Crippen LogP contribution < -0.4 is 15.5 Å². The van der Waals surface area contributed by atoms with Crippen molar-refractivity contribution in [1.29, 1.82) is 0 Å². The largest absolute Gasteiger partial charge is 0.361 e. The van der Waals surface area contributed by atoms with Crippen LogP contribution in [-0.2, 0) is 0 Å². The molecule has 24 heavy (non-hydrogen) atoms. The lowest BCUT2D eigenvalue weighted by atomic mass is 10.2. The topological polar surface area (TPSA) is 96.2 Å². The van der Waals surface area contributed by atoms with Crippen molar-refractivity contribution >= 4 is 17.7 Å². The van der Waals surface area contributed by atoms with Crippen LogP contribution in [0.3, 0.4) is 0 Å². The Bertz CT molecular complexity index is 708. The Balaban J connectivity index is 1.51. The van der Waals surface area contributed by atoms with E-state index in [1.807, 2.05) is 13.0 Å². The molecule has 0 atom stereocenters. The second-order valence-electron chi connectivity index (χ2n) is 5.86. The molecule has 8 nitrogen and oxygen atoms in total. The first-order valence-electron chi connectivity index (χ1n) is 8.17. The number of nitrogens with one attached hydrogen (secondary N) is 2. The summed E-state index contributed by atoms with van der Waals surface area (Å²) in [7, 11) is 0. The van der Waals surface area contributed by atoms with Crippen LogP contribution in [0.4, 0.5) is 11.8 Å². The van der Waals surface area contributed by atoms with Crippen molar-refractivity contribution in [1.82, 2.24) is 20.4 Å². The Hall–Kier alpha value is -2.64.